The summed E-state index contributed by atoms with van der Waals surface area (Å²) >= 11 is 0. The molecule has 0 radical (unpaired) electrons. The molecular formula is C12H16N2O3. The Morgan fingerprint density at radius 2 is 2.35 bits per heavy atom. The zero-order valence-electron chi connectivity index (χ0n) is 10.0. The van der Waals surface area contributed by atoms with Crippen LogP contribution in [0.5, 0.6) is 0 Å². The lowest BCUT2D eigenvalue weighted by Gasteiger charge is -2.17. The van der Waals surface area contributed by atoms with Gasteiger partial charge in [0.25, 0.3) is 0 Å². The predicted octanol–water partition coefficient (Wildman–Crippen LogP) is 1.31. The van der Waals surface area contributed by atoms with Gasteiger partial charge in [0.15, 0.2) is 0 Å². The number of nitrogens with zero attached hydrogens (tertiary/aromatic N) is 2. The van der Waals surface area contributed by atoms with Crippen LogP contribution in [0.25, 0.3) is 0 Å². The first-order valence-electron chi connectivity index (χ1n) is 5.60. The van der Waals surface area contributed by atoms with Gasteiger partial charge in [-0.1, -0.05) is 0 Å². The number of pyridine rings is 1. The van der Waals surface area contributed by atoms with Gasteiger partial charge in [0, 0.05) is 20.2 Å². The highest BCUT2D eigenvalue weighted by Crippen LogP contribution is 2.21. The van der Waals surface area contributed by atoms with Gasteiger partial charge < -0.3 is 14.7 Å². The Morgan fingerprint density at radius 3 is 2.88 bits per heavy atom. The molecular weight excluding hydrogens is 220 g/mol. The lowest BCUT2D eigenvalue weighted by atomic mass is 10.2. The fraction of sp³-hybridized carbons (Fsp3) is 0.500. The molecule has 1 fully saturated rings. The number of aromatic nitrogens is 1. The van der Waals surface area contributed by atoms with Crippen LogP contribution in [0.15, 0.2) is 12.1 Å². The summed E-state index contributed by atoms with van der Waals surface area (Å²) in [6.45, 7) is 3.43. The molecule has 2 heterocycles. The Bertz CT molecular complexity index is 434. The van der Waals surface area contributed by atoms with E-state index in [2.05, 4.69) is 9.88 Å². The maximum Gasteiger partial charge on any atom is 0.337 e. The molecule has 1 aliphatic rings. The average Bonchev–Trinajstić information content (AvgIpc) is 2.76. The summed E-state index contributed by atoms with van der Waals surface area (Å²) in [6, 6.07) is 3.37. The third-order valence-electron chi connectivity index (χ3n) is 3.10. The second kappa shape index (κ2) is 4.71. The molecule has 1 aliphatic heterocycles. The Balaban J connectivity index is 2.18. The number of aryl methyl sites for hydroxylation is 1. The van der Waals surface area contributed by atoms with E-state index < -0.39 is 5.97 Å². The first-order chi connectivity index (χ1) is 8.11. The maximum atomic E-state index is 10.9. The normalized spacial score (nSPS) is 19.6. The molecule has 0 aromatic carbocycles. The number of carbonyl (C=O) groups is 1. The van der Waals surface area contributed by atoms with E-state index in [4.69, 9.17) is 9.84 Å². The van der Waals surface area contributed by atoms with Crippen LogP contribution in [0.4, 0.5) is 5.82 Å². The SMILES string of the molecule is COC1CCN(c2ccc(C(=O)O)c(C)n2)C1. The molecule has 92 valence electrons. The number of hydrogen-bond acceptors (Lipinski definition) is 4. The number of hydrogen-bond donors (Lipinski definition) is 1. The van der Waals surface area contributed by atoms with Gasteiger partial charge in [-0.25, -0.2) is 9.78 Å². The quantitative estimate of drug-likeness (QED) is 0.857. The van der Waals surface area contributed by atoms with Crippen molar-refractivity contribution in [3.05, 3.63) is 23.4 Å². The molecule has 5 heteroatoms. The van der Waals surface area contributed by atoms with Crippen molar-refractivity contribution in [2.75, 3.05) is 25.1 Å². The van der Waals surface area contributed by atoms with Crippen LogP contribution < -0.4 is 4.90 Å². The monoisotopic (exact) mass is 236 g/mol. The van der Waals surface area contributed by atoms with Crippen molar-refractivity contribution in [1.29, 1.82) is 0 Å². The fourth-order valence-corrected chi connectivity index (χ4v) is 2.08. The molecule has 0 amide bonds. The van der Waals surface area contributed by atoms with E-state index in [1.165, 1.54) is 0 Å². The molecule has 0 saturated carbocycles. The van der Waals surface area contributed by atoms with Crippen LogP contribution in [-0.4, -0.2) is 42.4 Å². The zero-order chi connectivity index (χ0) is 12.4. The molecule has 2 rings (SSSR count). The molecule has 1 aromatic rings. The second-order valence-electron chi connectivity index (χ2n) is 4.20. The summed E-state index contributed by atoms with van der Waals surface area (Å²) < 4.78 is 5.29. The van der Waals surface area contributed by atoms with Crippen molar-refractivity contribution in [3.8, 4) is 0 Å². The minimum atomic E-state index is -0.933. The van der Waals surface area contributed by atoms with Crippen LogP contribution in [0.1, 0.15) is 22.5 Å². The van der Waals surface area contributed by atoms with Gasteiger partial charge in [-0.3, -0.25) is 0 Å². The highest BCUT2D eigenvalue weighted by molar-refractivity contribution is 5.89. The number of carboxylic acids is 1. The van der Waals surface area contributed by atoms with Crippen molar-refractivity contribution in [3.63, 3.8) is 0 Å². The van der Waals surface area contributed by atoms with Crippen molar-refractivity contribution in [1.82, 2.24) is 4.98 Å². The molecule has 0 aliphatic carbocycles. The third kappa shape index (κ3) is 2.39. The van der Waals surface area contributed by atoms with Gasteiger partial charge in [0.05, 0.1) is 17.4 Å². The number of aromatic carboxylic acids is 1. The van der Waals surface area contributed by atoms with Crippen LogP contribution in [0.3, 0.4) is 0 Å². The summed E-state index contributed by atoms with van der Waals surface area (Å²) in [7, 11) is 1.71. The Morgan fingerprint density at radius 1 is 1.59 bits per heavy atom. The first-order valence-corrected chi connectivity index (χ1v) is 5.60. The molecule has 1 atom stereocenters. The third-order valence-corrected chi connectivity index (χ3v) is 3.10. The van der Waals surface area contributed by atoms with E-state index in [0.29, 0.717) is 5.69 Å². The maximum absolute atomic E-state index is 10.9. The topological polar surface area (TPSA) is 62.7 Å². The van der Waals surface area contributed by atoms with Crippen molar-refractivity contribution in [2.45, 2.75) is 19.4 Å². The predicted molar refractivity (Wildman–Crippen MR) is 63.6 cm³/mol. The van der Waals surface area contributed by atoms with Gasteiger partial charge in [-0.05, 0) is 25.5 Å². The summed E-state index contributed by atoms with van der Waals surface area (Å²) in [6.07, 6.45) is 1.23. The van der Waals surface area contributed by atoms with Crippen molar-refractivity contribution >= 4 is 11.8 Å². The minimum Gasteiger partial charge on any atom is -0.478 e. The number of methoxy groups -OCH3 is 1. The van der Waals surface area contributed by atoms with Gasteiger partial charge in [0.2, 0.25) is 0 Å². The van der Waals surface area contributed by atoms with E-state index in [-0.39, 0.29) is 11.7 Å². The van der Waals surface area contributed by atoms with Crippen molar-refractivity contribution < 1.29 is 14.6 Å². The van der Waals surface area contributed by atoms with Gasteiger partial charge in [0.1, 0.15) is 5.82 Å². The Kier molecular flexibility index (Phi) is 3.28. The number of carboxylic acid groups (broad SMARTS) is 1. The van der Waals surface area contributed by atoms with Crippen LogP contribution in [-0.2, 0) is 4.74 Å². The van der Waals surface area contributed by atoms with Gasteiger partial charge in [-0.2, -0.15) is 0 Å². The van der Waals surface area contributed by atoms with Crippen LogP contribution in [0, 0.1) is 6.92 Å². The van der Waals surface area contributed by atoms with Crippen LogP contribution >= 0.6 is 0 Å². The Hall–Kier alpha value is -1.62. The molecule has 0 spiro atoms. The highest BCUT2D eigenvalue weighted by Gasteiger charge is 2.23. The molecule has 1 saturated heterocycles. The van der Waals surface area contributed by atoms with Crippen molar-refractivity contribution in [2.24, 2.45) is 0 Å². The smallest absolute Gasteiger partial charge is 0.337 e. The molecule has 1 unspecified atom stereocenters. The standard InChI is InChI=1S/C12H16N2O3/c1-8-10(12(15)16)3-4-11(13-8)14-6-5-9(7-14)17-2/h3-4,9H,5-7H2,1-2H3,(H,15,16). The molecule has 17 heavy (non-hydrogen) atoms. The lowest BCUT2D eigenvalue weighted by Crippen LogP contribution is -2.23. The summed E-state index contributed by atoms with van der Waals surface area (Å²) in [5.74, 6) is -0.107. The largest absolute Gasteiger partial charge is 0.478 e. The number of ether oxygens (including phenoxy) is 1. The highest BCUT2D eigenvalue weighted by atomic mass is 16.5. The fourth-order valence-electron chi connectivity index (χ4n) is 2.08. The first kappa shape index (κ1) is 11.9. The van der Waals surface area contributed by atoms with E-state index in [0.717, 1.165) is 25.3 Å². The molecule has 0 bridgehead atoms. The second-order valence-corrected chi connectivity index (χ2v) is 4.20. The number of rotatable bonds is 3. The van der Waals surface area contributed by atoms with E-state index in [1.54, 1.807) is 26.2 Å². The van der Waals surface area contributed by atoms with Gasteiger partial charge in [-0.15, -0.1) is 0 Å². The number of anilines is 1. The summed E-state index contributed by atoms with van der Waals surface area (Å²) in [4.78, 5) is 17.3. The average molecular weight is 236 g/mol. The minimum absolute atomic E-state index is 0.247. The summed E-state index contributed by atoms with van der Waals surface area (Å²) in [5.41, 5.74) is 0.812. The summed E-state index contributed by atoms with van der Waals surface area (Å²) in [5, 5.41) is 8.93. The van der Waals surface area contributed by atoms with E-state index in [1.807, 2.05) is 0 Å². The molecule has 5 nitrogen and oxygen atoms in total. The Labute approximate surface area is 100 Å². The lowest BCUT2D eigenvalue weighted by molar-refractivity contribution is 0.0695. The van der Waals surface area contributed by atoms with Crippen LogP contribution in [0.2, 0.25) is 0 Å². The molecule has 1 aromatic heterocycles. The van der Waals surface area contributed by atoms with E-state index >= 15 is 0 Å². The van der Waals surface area contributed by atoms with Gasteiger partial charge >= 0.3 is 5.97 Å². The van der Waals surface area contributed by atoms with E-state index in [9.17, 15) is 4.79 Å². The molecule has 1 N–H and O–H groups in total. The zero-order valence-corrected chi connectivity index (χ0v) is 10.0.